The zero-order chi connectivity index (χ0) is 36.7. The fraction of sp³-hybridized carbons (Fsp3) is 0.581. The predicted octanol–water partition coefficient (Wildman–Crippen LogP) is -2.44. The zero-order valence-electron chi connectivity index (χ0n) is 28.0. The van der Waals surface area contributed by atoms with E-state index in [1.54, 1.807) is 26.0 Å². The van der Waals surface area contributed by atoms with E-state index in [1.165, 1.54) is 17.0 Å². The van der Waals surface area contributed by atoms with Crippen molar-refractivity contribution < 1.29 is 34.2 Å². The van der Waals surface area contributed by atoms with Gasteiger partial charge in [0, 0.05) is 26.1 Å². The molecular formula is C31H51N11O7. The lowest BCUT2D eigenvalue weighted by Crippen LogP contribution is -2.59. The Hall–Kier alpha value is -5.13. The van der Waals surface area contributed by atoms with E-state index < -0.39 is 65.7 Å². The number of carbonyl (C=O) groups excluding carboxylic acids is 4. The molecular weight excluding hydrogens is 638 g/mol. The number of hydrogen-bond donors (Lipinski definition) is 10. The van der Waals surface area contributed by atoms with Crippen LogP contribution >= 0.6 is 0 Å². The second kappa shape index (κ2) is 19.6. The van der Waals surface area contributed by atoms with Gasteiger partial charge in [-0.25, -0.2) is 4.79 Å². The third kappa shape index (κ3) is 13.5. The SMILES string of the molecule is CC(C)[C@H](NC(=O)[C@@H](N)CCCN=C(N)N)C(=O)N[C@@H](Cc1ccc(O)cc1)C(=O)N[C@@H](CCCN=C(N)N)C(=O)N1CCC[C@H]1C(=O)O. The number of benzene rings is 1. The summed E-state index contributed by atoms with van der Waals surface area (Å²) in [5, 5.41) is 27.5. The lowest BCUT2D eigenvalue weighted by molar-refractivity contribution is -0.149. The Morgan fingerprint density at radius 3 is 1.98 bits per heavy atom. The molecule has 1 aliphatic rings. The van der Waals surface area contributed by atoms with E-state index in [-0.39, 0.29) is 69.4 Å². The van der Waals surface area contributed by atoms with E-state index in [0.29, 0.717) is 18.4 Å². The van der Waals surface area contributed by atoms with Gasteiger partial charge in [-0.15, -0.1) is 0 Å². The molecule has 1 saturated heterocycles. The number of hydrogen-bond acceptors (Lipinski definition) is 9. The molecule has 0 aliphatic carbocycles. The summed E-state index contributed by atoms with van der Waals surface area (Å²) in [6.07, 6.45) is 1.75. The van der Waals surface area contributed by atoms with Gasteiger partial charge in [0.05, 0.1) is 6.04 Å². The van der Waals surface area contributed by atoms with Gasteiger partial charge in [0.1, 0.15) is 29.9 Å². The molecule has 49 heavy (non-hydrogen) atoms. The summed E-state index contributed by atoms with van der Waals surface area (Å²) in [4.78, 5) is 74.9. The lowest BCUT2D eigenvalue weighted by Gasteiger charge is -2.30. The number of nitrogens with two attached hydrogens (primary N) is 5. The summed E-state index contributed by atoms with van der Waals surface area (Å²) in [5.74, 6) is -4.35. The van der Waals surface area contributed by atoms with Crippen molar-refractivity contribution in [1.82, 2.24) is 20.9 Å². The van der Waals surface area contributed by atoms with E-state index in [1.807, 2.05) is 0 Å². The number of carboxylic acid groups (broad SMARTS) is 1. The van der Waals surface area contributed by atoms with Crippen molar-refractivity contribution in [1.29, 1.82) is 0 Å². The number of nitrogens with one attached hydrogen (secondary N) is 3. The quantitative estimate of drug-likeness (QED) is 0.0411. The maximum Gasteiger partial charge on any atom is 0.326 e. The minimum atomic E-state index is -1.25. The minimum Gasteiger partial charge on any atom is -0.508 e. The smallest absolute Gasteiger partial charge is 0.326 e. The Morgan fingerprint density at radius 2 is 1.43 bits per heavy atom. The summed E-state index contributed by atoms with van der Waals surface area (Å²) in [6, 6.07) is 0.527. The monoisotopic (exact) mass is 689 g/mol. The number of aliphatic carboxylic acids is 1. The topological polar surface area (TPSA) is 320 Å². The van der Waals surface area contributed by atoms with Crippen LogP contribution in [0.3, 0.4) is 0 Å². The number of carboxylic acids is 1. The van der Waals surface area contributed by atoms with Crippen LogP contribution in [0.15, 0.2) is 34.3 Å². The fourth-order valence-corrected chi connectivity index (χ4v) is 5.30. The number of carbonyl (C=O) groups is 5. The molecule has 2 rings (SSSR count). The van der Waals surface area contributed by atoms with E-state index in [0.717, 1.165) is 0 Å². The number of aromatic hydroxyl groups is 1. The van der Waals surface area contributed by atoms with E-state index in [4.69, 9.17) is 28.7 Å². The highest BCUT2D eigenvalue weighted by molar-refractivity contribution is 5.95. The van der Waals surface area contributed by atoms with Crippen LogP contribution in [0.1, 0.15) is 57.9 Å². The molecule has 4 amide bonds. The predicted molar refractivity (Wildman–Crippen MR) is 183 cm³/mol. The number of phenolic OH excluding ortho intramolecular Hbond substituents is 1. The normalized spacial score (nSPS) is 16.5. The molecule has 1 aromatic carbocycles. The van der Waals surface area contributed by atoms with Crippen molar-refractivity contribution in [3.8, 4) is 5.75 Å². The highest BCUT2D eigenvalue weighted by Crippen LogP contribution is 2.20. The van der Waals surface area contributed by atoms with Crippen LogP contribution in [0.5, 0.6) is 5.75 Å². The van der Waals surface area contributed by atoms with Gasteiger partial charge in [-0.1, -0.05) is 26.0 Å². The number of nitrogens with zero attached hydrogens (tertiary/aromatic N) is 3. The Bertz CT molecular complexity index is 1350. The molecule has 18 nitrogen and oxygen atoms in total. The van der Waals surface area contributed by atoms with Crippen LogP contribution in [0, 0.1) is 5.92 Å². The van der Waals surface area contributed by atoms with Gasteiger partial charge in [-0.3, -0.25) is 29.2 Å². The second-order valence-electron chi connectivity index (χ2n) is 12.3. The zero-order valence-corrected chi connectivity index (χ0v) is 28.0. The van der Waals surface area contributed by atoms with Crippen molar-refractivity contribution in [2.45, 2.75) is 89.0 Å². The molecule has 5 atom stereocenters. The van der Waals surface area contributed by atoms with Gasteiger partial charge < -0.3 is 59.7 Å². The van der Waals surface area contributed by atoms with Crippen LogP contribution < -0.4 is 44.6 Å². The van der Waals surface area contributed by atoms with Gasteiger partial charge in [0.15, 0.2) is 11.9 Å². The highest BCUT2D eigenvalue weighted by Gasteiger charge is 2.38. The second-order valence-corrected chi connectivity index (χ2v) is 12.3. The first kappa shape index (κ1) is 40.0. The molecule has 272 valence electrons. The van der Waals surface area contributed by atoms with Crippen molar-refractivity contribution in [2.75, 3.05) is 19.6 Å². The Balaban J connectivity index is 2.30. The molecule has 0 radical (unpaired) electrons. The number of phenols is 1. The number of likely N-dealkylation sites (tertiary alicyclic amines) is 1. The molecule has 1 heterocycles. The van der Waals surface area contributed by atoms with Crippen LogP contribution in [-0.2, 0) is 30.4 Å². The van der Waals surface area contributed by atoms with E-state index in [2.05, 4.69) is 25.9 Å². The fourth-order valence-electron chi connectivity index (χ4n) is 5.30. The molecule has 0 saturated carbocycles. The Kier molecular flexibility index (Phi) is 16.0. The molecule has 1 aromatic rings. The van der Waals surface area contributed by atoms with Gasteiger partial charge >= 0.3 is 5.97 Å². The molecule has 1 aliphatic heterocycles. The van der Waals surface area contributed by atoms with E-state index in [9.17, 15) is 34.2 Å². The average molecular weight is 690 g/mol. The number of guanidine groups is 2. The van der Waals surface area contributed by atoms with Gasteiger partial charge in [0.2, 0.25) is 23.6 Å². The van der Waals surface area contributed by atoms with Gasteiger partial charge in [-0.05, 0) is 62.1 Å². The lowest BCUT2D eigenvalue weighted by atomic mass is 9.99. The molecule has 1 fully saturated rings. The van der Waals surface area contributed by atoms with Crippen molar-refractivity contribution in [3.05, 3.63) is 29.8 Å². The molecule has 0 aromatic heterocycles. The van der Waals surface area contributed by atoms with Crippen LogP contribution in [0.4, 0.5) is 0 Å². The van der Waals surface area contributed by atoms with Crippen molar-refractivity contribution in [3.63, 3.8) is 0 Å². The molecule has 0 bridgehead atoms. The summed E-state index contributed by atoms with van der Waals surface area (Å²) in [7, 11) is 0. The standard InChI is InChI=1S/C31H51N11O7/c1-17(2)24(41-25(44)20(32)6-3-13-37-30(33)34)27(46)40-22(16-18-9-11-19(43)12-10-18)26(45)39-21(7-4-14-38-31(35)36)28(47)42-15-5-8-23(42)29(48)49/h9-12,17,20-24,43H,3-8,13-16,32H2,1-2H3,(H,39,45)(H,40,46)(H,41,44)(H,48,49)(H4,33,34,37)(H4,35,36,38)/t20-,21-,22-,23-,24-/m0/s1. The number of amides is 4. The summed E-state index contributed by atoms with van der Waals surface area (Å²) < 4.78 is 0. The first-order valence-electron chi connectivity index (χ1n) is 16.2. The molecule has 0 spiro atoms. The minimum absolute atomic E-state index is 0.00366. The highest BCUT2D eigenvalue weighted by atomic mass is 16.4. The average Bonchev–Trinajstić information content (AvgIpc) is 3.53. The Morgan fingerprint density at radius 1 is 0.857 bits per heavy atom. The van der Waals surface area contributed by atoms with Crippen molar-refractivity contribution in [2.24, 2.45) is 44.6 Å². The first-order chi connectivity index (χ1) is 23.1. The van der Waals surface area contributed by atoms with E-state index >= 15 is 0 Å². The molecule has 18 heteroatoms. The summed E-state index contributed by atoms with van der Waals surface area (Å²) in [6.45, 7) is 4.06. The molecule has 0 unspecified atom stereocenters. The maximum atomic E-state index is 13.9. The van der Waals surface area contributed by atoms with Crippen LogP contribution in [0.2, 0.25) is 0 Å². The maximum absolute atomic E-state index is 13.9. The van der Waals surface area contributed by atoms with Crippen LogP contribution in [-0.4, -0.2) is 106 Å². The first-order valence-corrected chi connectivity index (χ1v) is 16.2. The largest absolute Gasteiger partial charge is 0.508 e. The van der Waals surface area contributed by atoms with Gasteiger partial charge in [-0.2, -0.15) is 0 Å². The third-order valence-corrected chi connectivity index (χ3v) is 7.94. The summed E-state index contributed by atoms with van der Waals surface area (Å²) in [5.41, 5.74) is 28.1. The Labute approximate surface area is 285 Å². The number of aliphatic imine (C=N–C) groups is 2. The third-order valence-electron chi connectivity index (χ3n) is 7.94. The van der Waals surface area contributed by atoms with Gasteiger partial charge in [0.25, 0.3) is 0 Å². The van der Waals surface area contributed by atoms with Crippen molar-refractivity contribution >= 4 is 41.5 Å². The van der Waals surface area contributed by atoms with Crippen LogP contribution in [0.25, 0.3) is 0 Å². The molecule has 15 N–H and O–H groups in total. The number of rotatable bonds is 19. The summed E-state index contributed by atoms with van der Waals surface area (Å²) >= 11 is 0.